The number of hydrogen-bond donors (Lipinski definition) is 1. The minimum absolute atomic E-state index is 0.868. The lowest BCUT2D eigenvalue weighted by Gasteiger charge is -1.98. The van der Waals surface area contributed by atoms with Gasteiger partial charge in [-0.2, -0.15) is 0 Å². The monoisotopic (exact) mass is 147 g/mol. The number of ether oxygens (including phenoxy) is 1. The molecular weight excluding hydrogens is 126 g/mol. The number of nitrogens with one attached hydrogen (secondary N) is 1. The molecule has 0 aromatic rings. The van der Waals surface area contributed by atoms with Gasteiger partial charge in [0.2, 0.25) is 0 Å². The lowest BCUT2D eigenvalue weighted by Crippen LogP contribution is -2.15. The Hall–Kier alpha value is -0.0800. The maximum Gasteiger partial charge on any atom is 0.0474 e. The highest BCUT2D eigenvalue weighted by molar-refractivity contribution is 4.40. The summed E-state index contributed by atoms with van der Waals surface area (Å²) in [6.45, 7) is 9.11. The third-order valence-electron chi connectivity index (χ3n) is 0.952. The van der Waals surface area contributed by atoms with Gasteiger partial charge in [-0.1, -0.05) is 20.8 Å². The molecule has 1 N–H and O–H groups in total. The van der Waals surface area contributed by atoms with Crippen LogP contribution >= 0.6 is 0 Å². The van der Waals surface area contributed by atoms with E-state index in [0.717, 1.165) is 26.1 Å². The lowest BCUT2D eigenvalue weighted by molar-refractivity contribution is 0.194. The van der Waals surface area contributed by atoms with Crippen molar-refractivity contribution in [1.82, 2.24) is 5.32 Å². The van der Waals surface area contributed by atoms with Gasteiger partial charge in [-0.3, -0.25) is 0 Å². The van der Waals surface area contributed by atoms with Crippen molar-refractivity contribution in [1.29, 1.82) is 0 Å². The maximum atomic E-state index is 4.85. The second-order valence-electron chi connectivity index (χ2n) is 1.70. The largest absolute Gasteiger partial charge is 0.385 e. The minimum atomic E-state index is 0.868. The Morgan fingerprint density at radius 1 is 1.30 bits per heavy atom. The van der Waals surface area contributed by atoms with Crippen molar-refractivity contribution in [3.63, 3.8) is 0 Å². The van der Waals surface area contributed by atoms with Crippen LogP contribution in [-0.2, 0) is 4.74 Å². The van der Waals surface area contributed by atoms with E-state index in [2.05, 4.69) is 12.2 Å². The van der Waals surface area contributed by atoms with Crippen molar-refractivity contribution in [2.45, 2.75) is 27.2 Å². The van der Waals surface area contributed by atoms with Crippen molar-refractivity contribution in [2.24, 2.45) is 0 Å². The molecule has 2 heteroatoms. The summed E-state index contributed by atoms with van der Waals surface area (Å²) in [6, 6.07) is 0. The Kier molecular flexibility index (Phi) is 20.1. The van der Waals surface area contributed by atoms with Gasteiger partial charge in [0.25, 0.3) is 0 Å². The molecule has 0 heterocycles. The van der Waals surface area contributed by atoms with Gasteiger partial charge in [-0.25, -0.2) is 0 Å². The van der Waals surface area contributed by atoms with E-state index < -0.39 is 0 Å². The second kappa shape index (κ2) is 16.0. The molecule has 0 saturated heterocycles. The van der Waals surface area contributed by atoms with E-state index in [1.54, 1.807) is 7.11 Å². The highest BCUT2D eigenvalue weighted by atomic mass is 16.5. The molecule has 2 nitrogen and oxygen atoms in total. The highest BCUT2D eigenvalue weighted by Crippen LogP contribution is 1.74. The molecule has 0 aromatic carbocycles. The molecule has 0 aromatic heterocycles. The van der Waals surface area contributed by atoms with Gasteiger partial charge in [0, 0.05) is 13.7 Å². The molecule has 0 amide bonds. The Balaban J connectivity index is 0. The predicted octanol–water partition coefficient (Wildman–Crippen LogP) is 1.66. The van der Waals surface area contributed by atoms with Crippen LogP contribution in [-0.4, -0.2) is 26.8 Å². The molecule has 0 bridgehead atoms. The van der Waals surface area contributed by atoms with E-state index in [-0.39, 0.29) is 0 Å². The maximum absolute atomic E-state index is 4.85. The first kappa shape index (κ1) is 12.6. The van der Waals surface area contributed by atoms with E-state index in [1.165, 1.54) is 0 Å². The Bertz CT molecular complexity index is 34.2. The van der Waals surface area contributed by atoms with Gasteiger partial charge < -0.3 is 10.1 Å². The Morgan fingerprint density at radius 2 is 1.90 bits per heavy atom. The molecule has 0 aliphatic rings. The van der Waals surface area contributed by atoms with Gasteiger partial charge in [0.1, 0.15) is 0 Å². The Labute approximate surface area is 65.0 Å². The SMILES string of the molecule is CC.CCNCCCOC. The van der Waals surface area contributed by atoms with Crippen LogP contribution in [0.4, 0.5) is 0 Å². The normalized spacial score (nSPS) is 8.40. The molecule has 0 aliphatic heterocycles. The zero-order valence-corrected chi connectivity index (χ0v) is 7.74. The molecule has 0 fully saturated rings. The van der Waals surface area contributed by atoms with Gasteiger partial charge in [-0.15, -0.1) is 0 Å². The van der Waals surface area contributed by atoms with E-state index in [4.69, 9.17) is 4.74 Å². The zero-order valence-electron chi connectivity index (χ0n) is 7.74. The van der Waals surface area contributed by atoms with Crippen molar-refractivity contribution in [3.8, 4) is 0 Å². The van der Waals surface area contributed by atoms with E-state index in [9.17, 15) is 0 Å². The molecule has 0 unspecified atom stereocenters. The standard InChI is InChI=1S/C6H15NO.C2H6/c1-3-7-5-4-6-8-2;1-2/h7H,3-6H2,1-2H3;1-2H3. The van der Waals surface area contributed by atoms with Gasteiger partial charge in [0.15, 0.2) is 0 Å². The van der Waals surface area contributed by atoms with Crippen LogP contribution in [0.3, 0.4) is 0 Å². The van der Waals surface area contributed by atoms with Crippen LogP contribution < -0.4 is 5.32 Å². The first-order valence-electron chi connectivity index (χ1n) is 4.11. The van der Waals surface area contributed by atoms with Crippen LogP contribution in [0.15, 0.2) is 0 Å². The average Bonchev–Trinajstić information content (AvgIpc) is 2.02. The van der Waals surface area contributed by atoms with Crippen LogP contribution in [0.25, 0.3) is 0 Å². The van der Waals surface area contributed by atoms with E-state index in [1.807, 2.05) is 13.8 Å². The molecule has 10 heavy (non-hydrogen) atoms. The summed E-state index contributed by atoms with van der Waals surface area (Å²) in [5.41, 5.74) is 0. The fourth-order valence-electron chi connectivity index (χ4n) is 0.518. The third kappa shape index (κ3) is 15.7. The minimum Gasteiger partial charge on any atom is -0.385 e. The van der Waals surface area contributed by atoms with Crippen LogP contribution in [0.5, 0.6) is 0 Å². The summed E-state index contributed by atoms with van der Waals surface area (Å²) >= 11 is 0. The van der Waals surface area contributed by atoms with E-state index >= 15 is 0 Å². The quantitative estimate of drug-likeness (QED) is 0.597. The number of methoxy groups -OCH3 is 1. The van der Waals surface area contributed by atoms with Crippen LogP contribution in [0, 0.1) is 0 Å². The van der Waals surface area contributed by atoms with Crippen molar-refractivity contribution in [3.05, 3.63) is 0 Å². The van der Waals surface area contributed by atoms with Crippen molar-refractivity contribution < 1.29 is 4.74 Å². The first-order chi connectivity index (χ1) is 4.91. The van der Waals surface area contributed by atoms with Gasteiger partial charge in [-0.05, 0) is 19.5 Å². The highest BCUT2D eigenvalue weighted by Gasteiger charge is 1.81. The molecule has 0 radical (unpaired) electrons. The molecule has 0 atom stereocenters. The number of hydrogen-bond acceptors (Lipinski definition) is 2. The van der Waals surface area contributed by atoms with Crippen LogP contribution in [0.1, 0.15) is 27.2 Å². The smallest absolute Gasteiger partial charge is 0.0474 e. The first-order valence-corrected chi connectivity index (χ1v) is 4.11. The average molecular weight is 147 g/mol. The summed E-state index contributed by atoms with van der Waals surface area (Å²) < 4.78 is 4.85. The summed E-state index contributed by atoms with van der Waals surface area (Å²) in [4.78, 5) is 0. The lowest BCUT2D eigenvalue weighted by atomic mass is 10.4. The predicted molar refractivity (Wildman–Crippen MR) is 46.4 cm³/mol. The summed E-state index contributed by atoms with van der Waals surface area (Å²) in [5, 5.41) is 3.20. The summed E-state index contributed by atoms with van der Waals surface area (Å²) in [5.74, 6) is 0. The Morgan fingerprint density at radius 3 is 2.30 bits per heavy atom. The van der Waals surface area contributed by atoms with Crippen molar-refractivity contribution >= 4 is 0 Å². The molecule has 0 saturated carbocycles. The topological polar surface area (TPSA) is 21.3 Å². The van der Waals surface area contributed by atoms with Gasteiger partial charge >= 0.3 is 0 Å². The fourth-order valence-corrected chi connectivity index (χ4v) is 0.518. The van der Waals surface area contributed by atoms with Gasteiger partial charge in [0.05, 0.1) is 0 Å². The number of rotatable bonds is 5. The fraction of sp³-hybridized carbons (Fsp3) is 1.00. The molecule has 0 rings (SSSR count). The second-order valence-corrected chi connectivity index (χ2v) is 1.70. The molecule has 0 spiro atoms. The van der Waals surface area contributed by atoms with Crippen LogP contribution in [0.2, 0.25) is 0 Å². The van der Waals surface area contributed by atoms with Crippen molar-refractivity contribution in [2.75, 3.05) is 26.8 Å². The molecule has 64 valence electrons. The molecule has 0 aliphatic carbocycles. The summed E-state index contributed by atoms with van der Waals surface area (Å²) in [6.07, 6.45) is 1.12. The summed E-state index contributed by atoms with van der Waals surface area (Å²) in [7, 11) is 1.73. The zero-order chi connectivity index (χ0) is 8.24. The third-order valence-corrected chi connectivity index (χ3v) is 0.952. The molecular formula is C8H21NO. The van der Waals surface area contributed by atoms with E-state index in [0.29, 0.717) is 0 Å².